The molecule has 2 aromatic rings. The number of hydrogen-bond acceptors (Lipinski definition) is 4. The number of rotatable bonds is 5. The highest BCUT2D eigenvalue weighted by atomic mass is 79.9. The molecule has 1 aromatic carbocycles. The van der Waals surface area contributed by atoms with E-state index < -0.39 is 0 Å². The van der Waals surface area contributed by atoms with Crippen molar-refractivity contribution < 1.29 is 0 Å². The molecule has 0 bridgehead atoms. The third-order valence-electron chi connectivity index (χ3n) is 2.18. The molecule has 1 heterocycles. The third kappa shape index (κ3) is 3.74. The van der Waals surface area contributed by atoms with Crippen LogP contribution in [0.3, 0.4) is 0 Å². The first-order valence-corrected chi connectivity index (χ1v) is 7.00. The number of benzene rings is 1. The standard InChI is InChI=1S/C11H13BrN4S/c1-16-11(14-8-15-16)17-7-6-13-10-4-2-9(12)3-5-10/h2-5,8,13H,6-7H2,1H3. The molecule has 0 atom stereocenters. The summed E-state index contributed by atoms with van der Waals surface area (Å²) in [5.74, 6) is 0.961. The van der Waals surface area contributed by atoms with E-state index in [1.165, 1.54) is 0 Å². The van der Waals surface area contributed by atoms with Crippen molar-refractivity contribution in [1.29, 1.82) is 0 Å². The Labute approximate surface area is 113 Å². The maximum Gasteiger partial charge on any atom is 0.185 e. The Bertz CT molecular complexity index is 469. The van der Waals surface area contributed by atoms with Gasteiger partial charge in [0.2, 0.25) is 0 Å². The molecular weight excluding hydrogens is 300 g/mol. The zero-order chi connectivity index (χ0) is 12.1. The SMILES string of the molecule is Cn1ncnc1SCCNc1ccc(Br)cc1. The highest BCUT2D eigenvalue weighted by Gasteiger charge is 2.00. The molecule has 6 heteroatoms. The number of aryl methyl sites for hydroxylation is 1. The Morgan fingerprint density at radius 1 is 1.35 bits per heavy atom. The molecule has 0 unspecified atom stereocenters. The van der Waals surface area contributed by atoms with Gasteiger partial charge in [0, 0.05) is 29.5 Å². The molecule has 90 valence electrons. The molecule has 0 fully saturated rings. The second-order valence-electron chi connectivity index (χ2n) is 3.45. The molecule has 0 saturated heterocycles. The van der Waals surface area contributed by atoms with Crippen LogP contribution in [0.4, 0.5) is 5.69 Å². The van der Waals surface area contributed by atoms with Crippen LogP contribution in [0.2, 0.25) is 0 Å². The summed E-state index contributed by atoms with van der Waals surface area (Å²) in [6, 6.07) is 8.16. The van der Waals surface area contributed by atoms with Gasteiger partial charge in [-0.2, -0.15) is 5.10 Å². The van der Waals surface area contributed by atoms with E-state index in [9.17, 15) is 0 Å². The lowest BCUT2D eigenvalue weighted by molar-refractivity contribution is 0.685. The molecule has 0 aliphatic rings. The van der Waals surface area contributed by atoms with E-state index in [1.807, 2.05) is 19.2 Å². The molecule has 1 aromatic heterocycles. The minimum atomic E-state index is 0.902. The number of anilines is 1. The maximum atomic E-state index is 4.15. The third-order valence-corrected chi connectivity index (χ3v) is 3.74. The quantitative estimate of drug-likeness (QED) is 0.681. The van der Waals surface area contributed by atoms with Gasteiger partial charge in [-0.05, 0) is 24.3 Å². The van der Waals surface area contributed by atoms with Crippen molar-refractivity contribution in [3.8, 4) is 0 Å². The van der Waals surface area contributed by atoms with E-state index >= 15 is 0 Å². The minimum absolute atomic E-state index is 0.902. The largest absolute Gasteiger partial charge is 0.384 e. The van der Waals surface area contributed by atoms with Gasteiger partial charge in [-0.1, -0.05) is 27.7 Å². The lowest BCUT2D eigenvalue weighted by atomic mass is 10.3. The molecule has 17 heavy (non-hydrogen) atoms. The summed E-state index contributed by atoms with van der Waals surface area (Å²) in [4.78, 5) is 4.15. The Kier molecular flexibility index (Phi) is 4.44. The molecule has 0 saturated carbocycles. The van der Waals surface area contributed by atoms with Crippen LogP contribution in [0.25, 0.3) is 0 Å². The van der Waals surface area contributed by atoms with Crippen LogP contribution in [-0.4, -0.2) is 27.1 Å². The van der Waals surface area contributed by atoms with E-state index in [2.05, 4.69) is 43.5 Å². The van der Waals surface area contributed by atoms with Crippen molar-refractivity contribution in [3.63, 3.8) is 0 Å². The zero-order valence-electron chi connectivity index (χ0n) is 9.43. The van der Waals surface area contributed by atoms with E-state index in [-0.39, 0.29) is 0 Å². The first-order chi connectivity index (χ1) is 8.25. The van der Waals surface area contributed by atoms with Gasteiger partial charge >= 0.3 is 0 Å². The smallest absolute Gasteiger partial charge is 0.185 e. The van der Waals surface area contributed by atoms with Gasteiger partial charge in [0.05, 0.1) is 0 Å². The molecule has 0 aliphatic carbocycles. The average molecular weight is 313 g/mol. The summed E-state index contributed by atoms with van der Waals surface area (Å²) in [5, 5.41) is 8.32. The van der Waals surface area contributed by atoms with Gasteiger partial charge in [-0.15, -0.1) is 0 Å². The number of thioether (sulfide) groups is 1. The lowest BCUT2D eigenvalue weighted by Gasteiger charge is -2.05. The highest BCUT2D eigenvalue weighted by molar-refractivity contribution is 9.10. The molecule has 1 N–H and O–H groups in total. The van der Waals surface area contributed by atoms with Crippen molar-refractivity contribution in [2.24, 2.45) is 7.05 Å². The van der Waals surface area contributed by atoms with Crippen LogP contribution >= 0.6 is 27.7 Å². The molecule has 0 aliphatic heterocycles. The van der Waals surface area contributed by atoms with Gasteiger partial charge in [-0.25, -0.2) is 9.67 Å². The fraction of sp³-hybridized carbons (Fsp3) is 0.273. The Morgan fingerprint density at radius 2 is 2.12 bits per heavy atom. The monoisotopic (exact) mass is 312 g/mol. The molecule has 0 spiro atoms. The summed E-state index contributed by atoms with van der Waals surface area (Å²) in [5.41, 5.74) is 1.13. The van der Waals surface area contributed by atoms with Gasteiger partial charge in [0.25, 0.3) is 0 Å². The minimum Gasteiger partial charge on any atom is -0.384 e. The van der Waals surface area contributed by atoms with Crippen molar-refractivity contribution in [3.05, 3.63) is 35.1 Å². The van der Waals surface area contributed by atoms with Crippen molar-refractivity contribution in [1.82, 2.24) is 14.8 Å². The summed E-state index contributed by atoms with van der Waals surface area (Å²) in [6.45, 7) is 0.902. The van der Waals surface area contributed by atoms with E-state index in [0.717, 1.165) is 27.6 Å². The van der Waals surface area contributed by atoms with Gasteiger partial charge in [0.1, 0.15) is 6.33 Å². The highest BCUT2D eigenvalue weighted by Crippen LogP contribution is 2.15. The van der Waals surface area contributed by atoms with E-state index in [0.29, 0.717) is 0 Å². The molecule has 2 rings (SSSR count). The molecule has 0 amide bonds. The fourth-order valence-electron chi connectivity index (χ4n) is 1.32. The number of hydrogen-bond donors (Lipinski definition) is 1. The van der Waals surface area contributed by atoms with Crippen LogP contribution in [0, 0.1) is 0 Å². The van der Waals surface area contributed by atoms with Gasteiger partial charge < -0.3 is 5.32 Å². The first kappa shape index (κ1) is 12.4. The average Bonchev–Trinajstić information content (AvgIpc) is 2.73. The second kappa shape index (κ2) is 6.07. The lowest BCUT2D eigenvalue weighted by Crippen LogP contribution is -2.04. The molecular formula is C11H13BrN4S. The van der Waals surface area contributed by atoms with Crippen LogP contribution < -0.4 is 5.32 Å². The Balaban J connectivity index is 1.73. The molecule has 4 nitrogen and oxygen atoms in total. The number of nitrogens with one attached hydrogen (secondary N) is 1. The predicted molar refractivity (Wildman–Crippen MR) is 74.4 cm³/mol. The molecule has 0 radical (unpaired) electrons. The van der Waals surface area contributed by atoms with Crippen molar-refractivity contribution >= 4 is 33.4 Å². The van der Waals surface area contributed by atoms with Gasteiger partial charge in [0.15, 0.2) is 5.16 Å². The zero-order valence-corrected chi connectivity index (χ0v) is 11.8. The van der Waals surface area contributed by atoms with Gasteiger partial charge in [-0.3, -0.25) is 0 Å². The summed E-state index contributed by atoms with van der Waals surface area (Å²) < 4.78 is 2.88. The van der Waals surface area contributed by atoms with E-state index in [4.69, 9.17) is 0 Å². The summed E-state index contributed by atoms with van der Waals surface area (Å²) in [7, 11) is 1.90. The number of nitrogens with zero attached hydrogens (tertiary/aromatic N) is 3. The Hall–Kier alpha value is -1.01. The van der Waals surface area contributed by atoms with Crippen molar-refractivity contribution in [2.75, 3.05) is 17.6 Å². The van der Waals surface area contributed by atoms with Crippen molar-refractivity contribution in [2.45, 2.75) is 5.16 Å². The Morgan fingerprint density at radius 3 is 2.76 bits per heavy atom. The van der Waals surface area contributed by atoms with Crippen LogP contribution in [0.1, 0.15) is 0 Å². The maximum absolute atomic E-state index is 4.15. The topological polar surface area (TPSA) is 42.7 Å². The summed E-state index contributed by atoms with van der Waals surface area (Å²) in [6.07, 6.45) is 1.57. The normalized spacial score (nSPS) is 10.5. The van der Waals surface area contributed by atoms with Crippen LogP contribution in [0.15, 0.2) is 40.2 Å². The fourth-order valence-corrected chi connectivity index (χ4v) is 2.33. The second-order valence-corrected chi connectivity index (χ2v) is 5.43. The summed E-state index contributed by atoms with van der Waals surface area (Å²) >= 11 is 5.11. The van der Waals surface area contributed by atoms with E-state index in [1.54, 1.807) is 22.8 Å². The first-order valence-electron chi connectivity index (χ1n) is 5.22. The number of aromatic nitrogens is 3. The van der Waals surface area contributed by atoms with Crippen LogP contribution in [-0.2, 0) is 7.05 Å². The number of halogens is 1. The van der Waals surface area contributed by atoms with Crippen LogP contribution in [0.5, 0.6) is 0 Å². The predicted octanol–water partition coefficient (Wildman–Crippen LogP) is 2.78.